The van der Waals surface area contributed by atoms with Gasteiger partial charge < -0.3 is 4.90 Å². The summed E-state index contributed by atoms with van der Waals surface area (Å²) in [7, 11) is 2.06. The van der Waals surface area contributed by atoms with Crippen molar-refractivity contribution in [3.8, 4) is 0 Å². The van der Waals surface area contributed by atoms with Crippen molar-refractivity contribution < 1.29 is 0 Å². The van der Waals surface area contributed by atoms with E-state index in [0.717, 1.165) is 0 Å². The fraction of sp³-hybridized carbons (Fsp3) is 0.429. The number of likely N-dealkylation sites (N-methyl/N-ethyl adjacent to an activating group) is 1. The van der Waals surface area contributed by atoms with Crippen molar-refractivity contribution in [2.75, 3.05) is 7.05 Å². The Morgan fingerprint density at radius 1 is 1.67 bits per heavy atom. The molecule has 0 aromatic heterocycles. The number of hydrogen-bond acceptors (Lipinski definition) is 1. The first kappa shape index (κ1) is 6.87. The van der Waals surface area contributed by atoms with Gasteiger partial charge in [-0.05, 0) is 25.3 Å². The van der Waals surface area contributed by atoms with Crippen LogP contribution in [0.3, 0.4) is 0 Å². The van der Waals surface area contributed by atoms with Gasteiger partial charge in [0.25, 0.3) is 0 Å². The Morgan fingerprint density at radius 3 is 2.78 bits per heavy atom. The Hall–Kier alpha value is -0.240. The topological polar surface area (TPSA) is 3.24 Å². The van der Waals surface area contributed by atoms with Crippen LogP contribution < -0.4 is 0 Å². The second-order valence-corrected chi connectivity index (χ2v) is 3.15. The standard InChI is InChI=1S/C7H10BrN/c1-6-7(8)4-3-5-9(6)2/h3-6H,1-2H3. The maximum Gasteiger partial charge on any atom is 0.0570 e. The molecule has 0 saturated carbocycles. The van der Waals surface area contributed by atoms with Gasteiger partial charge in [0.1, 0.15) is 0 Å². The zero-order valence-corrected chi connectivity index (χ0v) is 7.22. The Labute approximate surface area is 64.2 Å². The van der Waals surface area contributed by atoms with Gasteiger partial charge in [-0.15, -0.1) is 0 Å². The highest BCUT2D eigenvalue weighted by Crippen LogP contribution is 2.18. The molecule has 0 fully saturated rings. The number of hydrogen-bond donors (Lipinski definition) is 0. The summed E-state index contributed by atoms with van der Waals surface area (Å²) in [5, 5.41) is 0. The fourth-order valence-electron chi connectivity index (χ4n) is 0.734. The molecule has 0 aromatic rings. The van der Waals surface area contributed by atoms with Gasteiger partial charge in [0.05, 0.1) is 6.04 Å². The van der Waals surface area contributed by atoms with E-state index in [0.29, 0.717) is 6.04 Å². The molecule has 1 heterocycles. The molecule has 1 aliphatic heterocycles. The third kappa shape index (κ3) is 1.36. The van der Waals surface area contributed by atoms with Crippen LogP contribution in [0.5, 0.6) is 0 Å². The van der Waals surface area contributed by atoms with Crippen LogP contribution in [0.25, 0.3) is 0 Å². The van der Waals surface area contributed by atoms with Crippen LogP contribution in [0, 0.1) is 0 Å². The molecule has 9 heavy (non-hydrogen) atoms. The molecule has 0 saturated heterocycles. The molecule has 1 nitrogen and oxygen atoms in total. The lowest BCUT2D eigenvalue weighted by molar-refractivity contribution is 0.400. The SMILES string of the molecule is CC1C(Br)=CC=CN1C. The predicted octanol–water partition coefficient (Wildman–Crippen LogP) is 2.11. The van der Waals surface area contributed by atoms with Crippen LogP contribution in [-0.4, -0.2) is 18.0 Å². The maximum absolute atomic E-state index is 3.46. The molecule has 1 rings (SSSR count). The summed E-state index contributed by atoms with van der Waals surface area (Å²) in [4.78, 5) is 2.16. The monoisotopic (exact) mass is 187 g/mol. The molecule has 0 spiro atoms. The smallest absolute Gasteiger partial charge is 0.0570 e. The van der Waals surface area contributed by atoms with Crippen LogP contribution in [-0.2, 0) is 0 Å². The molecule has 0 N–H and O–H groups in total. The lowest BCUT2D eigenvalue weighted by Crippen LogP contribution is -2.25. The second kappa shape index (κ2) is 2.56. The van der Waals surface area contributed by atoms with E-state index in [1.807, 2.05) is 6.08 Å². The second-order valence-electron chi connectivity index (χ2n) is 2.23. The molecule has 1 atom stereocenters. The zero-order chi connectivity index (χ0) is 6.85. The summed E-state index contributed by atoms with van der Waals surface area (Å²) in [5.74, 6) is 0. The van der Waals surface area contributed by atoms with Crippen LogP contribution in [0.2, 0.25) is 0 Å². The van der Waals surface area contributed by atoms with Gasteiger partial charge in [0, 0.05) is 11.5 Å². The Morgan fingerprint density at radius 2 is 2.33 bits per heavy atom. The summed E-state index contributed by atoms with van der Waals surface area (Å²) in [6.07, 6.45) is 6.17. The highest BCUT2D eigenvalue weighted by Gasteiger charge is 2.09. The summed E-state index contributed by atoms with van der Waals surface area (Å²) in [6.45, 7) is 2.16. The maximum atomic E-state index is 3.46. The lowest BCUT2D eigenvalue weighted by Gasteiger charge is -2.25. The third-order valence-electron chi connectivity index (χ3n) is 1.59. The molecule has 0 aromatic carbocycles. The fourth-order valence-corrected chi connectivity index (χ4v) is 1.21. The quantitative estimate of drug-likeness (QED) is 0.562. The van der Waals surface area contributed by atoms with Crippen LogP contribution in [0.1, 0.15) is 6.92 Å². The highest BCUT2D eigenvalue weighted by atomic mass is 79.9. The predicted molar refractivity (Wildman–Crippen MR) is 43.4 cm³/mol. The van der Waals surface area contributed by atoms with Crippen molar-refractivity contribution in [1.29, 1.82) is 0 Å². The first-order chi connectivity index (χ1) is 4.22. The molecule has 0 bridgehead atoms. The largest absolute Gasteiger partial charge is 0.373 e. The van der Waals surface area contributed by atoms with Crippen molar-refractivity contribution >= 4 is 15.9 Å². The van der Waals surface area contributed by atoms with E-state index in [4.69, 9.17) is 0 Å². The van der Waals surface area contributed by atoms with E-state index in [9.17, 15) is 0 Å². The molecular weight excluding hydrogens is 178 g/mol. The van der Waals surface area contributed by atoms with E-state index in [1.54, 1.807) is 0 Å². The average molecular weight is 188 g/mol. The minimum absolute atomic E-state index is 0.495. The highest BCUT2D eigenvalue weighted by molar-refractivity contribution is 9.11. The Balaban J connectivity index is 2.73. The van der Waals surface area contributed by atoms with E-state index in [-0.39, 0.29) is 0 Å². The van der Waals surface area contributed by atoms with Gasteiger partial charge in [-0.2, -0.15) is 0 Å². The summed E-state index contributed by atoms with van der Waals surface area (Å²) >= 11 is 3.46. The van der Waals surface area contributed by atoms with Gasteiger partial charge in [0.15, 0.2) is 0 Å². The number of rotatable bonds is 0. The normalized spacial score (nSPS) is 26.3. The van der Waals surface area contributed by atoms with Crippen molar-refractivity contribution in [3.63, 3.8) is 0 Å². The number of nitrogens with zero attached hydrogens (tertiary/aromatic N) is 1. The van der Waals surface area contributed by atoms with Gasteiger partial charge in [0.2, 0.25) is 0 Å². The van der Waals surface area contributed by atoms with Crippen molar-refractivity contribution in [3.05, 3.63) is 22.8 Å². The van der Waals surface area contributed by atoms with Crippen molar-refractivity contribution in [2.45, 2.75) is 13.0 Å². The molecule has 2 heteroatoms. The average Bonchev–Trinajstić information content (AvgIpc) is 1.83. The number of allylic oxidation sites excluding steroid dienone is 2. The third-order valence-corrected chi connectivity index (χ3v) is 2.51. The van der Waals surface area contributed by atoms with Gasteiger partial charge >= 0.3 is 0 Å². The van der Waals surface area contributed by atoms with Gasteiger partial charge in [-0.25, -0.2) is 0 Å². The molecular formula is C7H10BrN. The van der Waals surface area contributed by atoms with E-state index in [1.165, 1.54) is 4.48 Å². The van der Waals surface area contributed by atoms with E-state index < -0.39 is 0 Å². The Bertz CT molecular complexity index is 160. The number of halogens is 1. The Kier molecular flexibility index (Phi) is 1.96. The minimum atomic E-state index is 0.495. The van der Waals surface area contributed by atoms with E-state index >= 15 is 0 Å². The van der Waals surface area contributed by atoms with Gasteiger partial charge in [-0.1, -0.05) is 15.9 Å². The zero-order valence-electron chi connectivity index (χ0n) is 5.63. The molecule has 1 aliphatic rings. The van der Waals surface area contributed by atoms with Crippen LogP contribution in [0.4, 0.5) is 0 Å². The minimum Gasteiger partial charge on any atom is -0.373 e. The molecule has 0 radical (unpaired) electrons. The molecule has 0 amide bonds. The summed E-state index contributed by atoms with van der Waals surface area (Å²) < 4.78 is 1.24. The molecule has 0 aliphatic carbocycles. The van der Waals surface area contributed by atoms with Crippen LogP contribution in [0.15, 0.2) is 22.8 Å². The summed E-state index contributed by atoms with van der Waals surface area (Å²) in [5.41, 5.74) is 0. The molecule has 50 valence electrons. The van der Waals surface area contributed by atoms with Crippen molar-refractivity contribution in [2.24, 2.45) is 0 Å². The van der Waals surface area contributed by atoms with Crippen LogP contribution >= 0.6 is 15.9 Å². The van der Waals surface area contributed by atoms with Crippen molar-refractivity contribution in [1.82, 2.24) is 4.90 Å². The summed E-state index contributed by atoms with van der Waals surface area (Å²) in [6, 6.07) is 0.495. The first-order valence-electron chi connectivity index (χ1n) is 2.97. The van der Waals surface area contributed by atoms with Gasteiger partial charge in [-0.3, -0.25) is 0 Å². The van der Waals surface area contributed by atoms with E-state index in [2.05, 4.69) is 47.1 Å². The first-order valence-corrected chi connectivity index (χ1v) is 3.77. The lowest BCUT2D eigenvalue weighted by atomic mass is 10.2. The molecule has 1 unspecified atom stereocenters.